The van der Waals surface area contributed by atoms with E-state index >= 15 is 0 Å². The number of hydrogen-bond donors (Lipinski definition) is 3. The van der Waals surface area contributed by atoms with Crippen LogP contribution in [-0.4, -0.2) is 28.0 Å². The van der Waals surface area contributed by atoms with E-state index in [0.29, 0.717) is 16.5 Å². The standard InChI is InChI=1S/C21H17ClFN5O/c22-12-2-3-16(23)14(10-12)15-11-18(20(27-21(15)29)28-8-1-9-28)26-17-5-7-25-19-13(17)4-6-24-19/h2-7,10-11H,1,8-9H2,(H,27,29)(H2,24,25,26). The van der Waals surface area contributed by atoms with Gasteiger partial charge in [0, 0.05) is 41.5 Å². The Labute approximate surface area is 170 Å². The van der Waals surface area contributed by atoms with Gasteiger partial charge in [-0.2, -0.15) is 0 Å². The van der Waals surface area contributed by atoms with Crippen molar-refractivity contribution < 1.29 is 4.39 Å². The van der Waals surface area contributed by atoms with Crippen LogP contribution in [-0.2, 0) is 0 Å². The average Bonchev–Trinajstić information content (AvgIpc) is 3.14. The van der Waals surface area contributed by atoms with E-state index < -0.39 is 5.82 Å². The van der Waals surface area contributed by atoms with E-state index in [9.17, 15) is 9.18 Å². The molecule has 4 aromatic rings. The quantitative estimate of drug-likeness (QED) is 0.458. The molecule has 1 saturated heterocycles. The number of pyridine rings is 2. The van der Waals surface area contributed by atoms with Gasteiger partial charge < -0.3 is 20.2 Å². The topological polar surface area (TPSA) is 76.8 Å². The van der Waals surface area contributed by atoms with E-state index in [1.165, 1.54) is 18.2 Å². The van der Waals surface area contributed by atoms with Gasteiger partial charge >= 0.3 is 0 Å². The lowest BCUT2D eigenvalue weighted by Gasteiger charge is -2.34. The van der Waals surface area contributed by atoms with Crippen LogP contribution < -0.4 is 15.8 Å². The number of aromatic amines is 2. The third-order valence-corrected chi connectivity index (χ3v) is 5.38. The molecule has 0 bridgehead atoms. The summed E-state index contributed by atoms with van der Waals surface area (Å²) in [5.74, 6) is 0.187. The largest absolute Gasteiger partial charge is 0.356 e. The molecule has 8 heteroatoms. The Morgan fingerprint density at radius 3 is 2.76 bits per heavy atom. The molecule has 29 heavy (non-hydrogen) atoms. The Morgan fingerprint density at radius 2 is 1.97 bits per heavy atom. The van der Waals surface area contributed by atoms with Crippen LogP contribution in [0.5, 0.6) is 0 Å². The summed E-state index contributed by atoms with van der Waals surface area (Å²) < 4.78 is 14.4. The number of H-pyrrole nitrogens is 2. The van der Waals surface area contributed by atoms with Gasteiger partial charge in [0.1, 0.15) is 17.3 Å². The van der Waals surface area contributed by atoms with E-state index in [0.717, 1.165) is 36.2 Å². The number of hydrogen-bond acceptors (Lipinski definition) is 4. The fourth-order valence-corrected chi connectivity index (χ4v) is 3.70. The van der Waals surface area contributed by atoms with Crippen molar-refractivity contribution in [3.63, 3.8) is 0 Å². The van der Waals surface area contributed by atoms with Gasteiger partial charge in [-0.25, -0.2) is 9.37 Å². The van der Waals surface area contributed by atoms with Gasteiger partial charge in [-0.05, 0) is 42.8 Å². The van der Waals surface area contributed by atoms with E-state index in [4.69, 9.17) is 11.6 Å². The predicted octanol–water partition coefficient (Wildman–Crippen LogP) is 4.66. The summed E-state index contributed by atoms with van der Waals surface area (Å²) in [6.45, 7) is 1.71. The molecule has 0 atom stereocenters. The second-order valence-corrected chi connectivity index (χ2v) is 7.40. The molecule has 0 saturated carbocycles. The number of rotatable bonds is 4. The fourth-order valence-electron chi connectivity index (χ4n) is 3.52. The molecule has 0 radical (unpaired) electrons. The van der Waals surface area contributed by atoms with Gasteiger partial charge in [0.05, 0.1) is 16.9 Å². The molecule has 0 amide bonds. The molecule has 6 nitrogen and oxygen atoms in total. The first-order valence-electron chi connectivity index (χ1n) is 9.27. The molecule has 146 valence electrons. The Bertz CT molecular complexity index is 1280. The van der Waals surface area contributed by atoms with Crippen LogP contribution in [0.4, 0.5) is 21.6 Å². The lowest BCUT2D eigenvalue weighted by Crippen LogP contribution is -2.39. The number of halogens is 2. The van der Waals surface area contributed by atoms with Crippen molar-refractivity contribution in [2.75, 3.05) is 23.3 Å². The highest BCUT2D eigenvalue weighted by Gasteiger charge is 2.22. The molecular formula is C21H17ClFN5O. The molecule has 5 rings (SSSR count). The van der Waals surface area contributed by atoms with E-state index in [1.54, 1.807) is 12.3 Å². The summed E-state index contributed by atoms with van der Waals surface area (Å²) >= 11 is 6.04. The van der Waals surface area contributed by atoms with Crippen molar-refractivity contribution in [2.24, 2.45) is 0 Å². The number of nitrogens with zero attached hydrogens (tertiary/aromatic N) is 2. The molecule has 1 fully saturated rings. The summed E-state index contributed by atoms with van der Waals surface area (Å²) in [6.07, 6.45) is 4.58. The molecule has 3 N–H and O–H groups in total. The first-order chi connectivity index (χ1) is 14.1. The van der Waals surface area contributed by atoms with E-state index in [1.807, 2.05) is 18.3 Å². The van der Waals surface area contributed by atoms with Crippen molar-refractivity contribution in [2.45, 2.75) is 6.42 Å². The highest BCUT2D eigenvalue weighted by atomic mass is 35.5. The third-order valence-electron chi connectivity index (χ3n) is 5.14. The van der Waals surface area contributed by atoms with Crippen LogP contribution in [0.25, 0.3) is 22.2 Å². The van der Waals surface area contributed by atoms with Crippen molar-refractivity contribution in [3.05, 3.63) is 70.0 Å². The lowest BCUT2D eigenvalue weighted by atomic mass is 10.1. The van der Waals surface area contributed by atoms with Crippen molar-refractivity contribution in [1.82, 2.24) is 15.0 Å². The second kappa shape index (κ2) is 6.93. The number of benzene rings is 1. The fraction of sp³-hybridized carbons (Fsp3) is 0.143. The maximum atomic E-state index is 14.4. The molecular weight excluding hydrogens is 393 g/mol. The first-order valence-corrected chi connectivity index (χ1v) is 9.65. The van der Waals surface area contributed by atoms with Crippen LogP contribution >= 0.6 is 11.6 Å². The summed E-state index contributed by atoms with van der Waals surface area (Å²) in [7, 11) is 0. The Morgan fingerprint density at radius 1 is 1.10 bits per heavy atom. The van der Waals surface area contributed by atoms with Gasteiger partial charge in [0.25, 0.3) is 5.56 Å². The molecule has 3 aromatic heterocycles. The summed E-state index contributed by atoms with van der Waals surface area (Å²) in [5.41, 5.74) is 2.30. The maximum Gasteiger partial charge on any atom is 0.257 e. The van der Waals surface area contributed by atoms with E-state index in [2.05, 4.69) is 25.2 Å². The van der Waals surface area contributed by atoms with Gasteiger partial charge in [0.15, 0.2) is 0 Å². The van der Waals surface area contributed by atoms with Crippen molar-refractivity contribution in [3.8, 4) is 11.1 Å². The number of nitrogens with one attached hydrogen (secondary N) is 3. The minimum Gasteiger partial charge on any atom is -0.356 e. The number of anilines is 3. The molecule has 0 spiro atoms. The maximum absolute atomic E-state index is 14.4. The molecule has 1 aliphatic rings. The predicted molar refractivity (Wildman–Crippen MR) is 114 cm³/mol. The van der Waals surface area contributed by atoms with Gasteiger partial charge in [-0.1, -0.05) is 11.6 Å². The van der Waals surface area contributed by atoms with Crippen molar-refractivity contribution >= 4 is 39.8 Å². The number of fused-ring (bicyclic) bond motifs is 1. The minimum atomic E-state index is -0.500. The monoisotopic (exact) mass is 409 g/mol. The first kappa shape index (κ1) is 17.8. The van der Waals surface area contributed by atoms with Crippen LogP contribution in [0.15, 0.2) is 53.6 Å². The minimum absolute atomic E-state index is 0.165. The second-order valence-electron chi connectivity index (χ2n) is 6.96. The Kier molecular flexibility index (Phi) is 4.24. The Hall–Kier alpha value is -3.32. The van der Waals surface area contributed by atoms with Crippen LogP contribution in [0.2, 0.25) is 5.02 Å². The highest BCUT2D eigenvalue weighted by molar-refractivity contribution is 6.30. The van der Waals surface area contributed by atoms with Crippen molar-refractivity contribution in [1.29, 1.82) is 0 Å². The van der Waals surface area contributed by atoms with Gasteiger partial charge in [-0.15, -0.1) is 0 Å². The highest BCUT2D eigenvalue weighted by Crippen LogP contribution is 2.34. The third kappa shape index (κ3) is 3.13. The summed E-state index contributed by atoms with van der Waals surface area (Å²) in [6, 6.07) is 9.66. The zero-order valence-corrected chi connectivity index (χ0v) is 16.1. The molecule has 0 aliphatic carbocycles. The van der Waals surface area contributed by atoms with Crippen LogP contribution in [0.3, 0.4) is 0 Å². The number of aromatic nitrogens is 3. The summed E-state index contributed by atoms with van der Waals surface area (Å²) in [4.78, 5) is 25.2. The average molecular weight is 410 g/mol. The van der Waals surface area contributed by atoms with Crippen LogP contribution in [0.1, 0.15) is 6.42 Å². The van der Waals surface area contributed by atoms with Gasteiger partial charge in [0.2, 0.25) is 0 Å². The molecule has 0 unspecified atom stereocenters. The zero-order chi connectivity index (χ0) is 20.0. The van der Waals surface area contributed by atoms with Crippen LogP contribution in [0, 0.1) is 5.82 Å². The Balaban J connectivity index is 1.67. The molecule has 4 heterocycles. The normalized spacial score (nSPS) is 13.5. The summed E-state index contributed by atoms with van der Waals surface area (Å²) in [5, 5.41) is 4.68. The van der Waals surface area contributed by atoms with E-state index in [-0.39, 0.29) is 16.7 Å². The molecule has 1 aliphatic heterocycles. The lowest BCUT2D eigenvalue weighted by molar-refractivity contribution is 0.609. The zero-order valence-electron chi connectivity index (χ0n) is 15.3. The van der Waals surface area contributed by atoms with Gasteiger partial charge in [-0.3, -0.25) is 4.79 Å². The smallest absolute Gasteiger partial charge is 0.257 e. The molecule has 1 aromatic carbocycles. The SMILES string of the molecule is O=c1[nH]c(N2CCC2)c(Nc2ccnc3[nH]ccc23)cc1-c1cc(Cl)ccc1F.